The van der Waals surface area contributed by atoms with E-state index in [4.69, 9.17) is 0 Å². The van der Waals surface area contributed by atoms with Gasteiger partial charge in [0.25, 0.3) is 0 Å². The van der Waals surface area contributed by atoms with E-state index in [0.717, 1.165) is 12.8 Å². The van der Waals surface area contributed by atoms with Crippen molar-refractivity contribution in [2.75, 3.05) is 0 Å². The Kier molecular flexibility index (Phi) is 4.97. The molecule has 4 aromatic carbocycles. The van der Waals surface area contributed by atoms with Gasteiger partial charge in [-0.3, -0.25) is 0 Å². The number of pyridine rings is 2. The SMILES string of the molecule is Cc1c2ccccc2c(CC(C)(C)C)c2c1c1c3c(ccc4c5ccc(CC(C)(C)C)cc5n2c43)cc[n+]1C. The fourth-order valence-corrected chi connectivity index (χ4v) is 7.16. The van der Waals surface area contributed by atoms with Crippen LogP contribution in [0.2, 0.25) is 0 Å². The number of hydrogen-bond acceptors (Lipinski definition) is 0. The lowest BCUT2D eigenvalue weighted by Gasteiger charge is -2.24. The summed E-state index contributed by atoms with van der Waals surface area (Å²) < 4.78 is 5.01. The Bertz CT molecular complexity index is 2090. The van der Waals surface area contributed by atoms with Crippen LogP contribution in [0.1, 0.15) is 58.2 Å². The molecule has 0 aliphatic carbocycles. The highest BCUT2D eigenvalue weighted by atomic mass is 15.0. The van der Waals surface area contributed by atoms with Crippen molar-refractivity contribution in [1.29, 1.82) is 0 Å². The van der Waals surface area contributed by atoms with Crippen LogP contribution in [-0.2, 0) is 19.9 Å². The number of aromatic nitrogens is 2. The van der Waals surface area contributed by atoms with E-state index in [9.17, 15) is 0 Å². The van der Waals surface area contributed by atoms with Gasteiger partial charge in [0.15, 0.2) is 6.20 Å². The molecule has 196 valence electrons. The second-order valence-corrected chi connectivity index (χ2v) is 14.2. The maximum Gasteiger partial charge on any atom is 0.224 e. The quantitative estimate of drug-likeness (QED) is 0.124. The van der Waals surface area contributed by atoms with Crippen molar-refractivity contribution in [1.82, 2.24) is 4.40 Å². The van der Waals surface area contributed by atoms with E-state index < -0.39 is 0 Å². The average Bonchev–Trinajstić information content (AvgIpc) is 3.19. The Morgan fingerprint density at radius 3 is 2.10 bits per heavy atom. The van der Waals surface area contributed by atoms with Gasteiger partial charge in [-0.15, -0.1) is 0 Å². The molecule has 0 N–H and O–H groups in total. The summed E-state index contributed by atoms with van der Waals surface area (Å²) >= 11 is 0. The number of nitrogens with zero attached hydrogens (tertiary/aromatic N) is 2. The van der Waals surface area contributed by atoms with Gasteiger partial charge in [-0.25, -0.2) is 4.57 Å². The van der Waals surface area contributed by atoms with Crippen LogP contribution in [0.15, 0.2) is 66.9 Å². The summed E-state index contributed by atoms with van der Waals surface area (Å²) in [5.74, 6) is 0. The Morgan fingerprint density at radius 1 is 0.692 bits per heavy atom. The van der Waals surface area contributed by atoms with Crippen molar-refractivity contribution >= 4 is 59.8 Å². The van der Waals surface area contributed by atoms with Crippen molar-refractivity contribution in [2.24, 2.45) is 17.9 Å². The molecular weight excluding hydrogens is 472 g/mol. The molecule has 0 saturated heterocycles. The van der Waals surface area contributed by atoms with E-state index in [1.54, 1.807) is 0 Å². The predicted octanol–water partition coefficient (Wildman–Crippen LogP) is 9.45. The Balaban J connectivity index is 1.84. The summed E-state index contributed by atoms with van der Waals surface area (Å²) in [5, 5.41) is 9.53. The lowest BCUT2D eigenvalue weighted by atomic mass is 9.83. The summed E-state index contributed by atoms with van der Waals surface area (Å²) in [7, 11) is 2.22. The molecule has 39 heavy (non-hydrogen) atoms. The fraction of sp³-hybridized carbons (Fsp3) is 0.324. The third kappa shape index (κ3) is 3.57. The fourth-order valence-electron chi connectivity index (χ4n) is 7.16. The molecule has 0 aliphatic rings. The molecule has 3 heterocycles. The van der Waals surface area contributed by atoms with E-state index >= 15 is 0 Å². The third-order valence-electron chi connectivity index (χ3n) is 8.55. The Morgan fingerprint density at radius 2 is 1.38 bits per heavy atom. The molecule has 0 spiro atoms. The first-order valence-corrected chi connectivity index (χ1v) is 14.4. The van der Waals surface area contributed by atoms with Crippen LogP contribution in [0.5, 0.6) is 0 Å². The van der Waals surface area contributed by atoms with E-state index in [-0.39, 0.29) is 10.8 Å². The predicted molar refractivity (Wildman–Crippen MR) is 168 cm³/mol. The molecule has 0 amide bonds. The first-order chi connectivity index (χ1) is 18.4. The summed E-state index contributed by atoms with van der Waals surface area (Å²) in [6.45, 7) is 16.5. The number of benzene rings is 4. The van der Waals surface area contributed by atoms with Crippen LogP contribution in [-0.4, -0.2) is 4.40 Å². The first kappa shape index (κ1) is 24.4. The zero-order chi connectivity index (χ0) is 27.4. The highest BCUT2D eigenvalue weighted by Gasteiger charge is 2.28. The van der Waals surface area contributed by atoms with Gasteiger partial charge < -0.3 is 4.40 Å². The minimum atomic E-state index is 0.149. The normalized spacial score (nSPS) is 13.3. The second kappa shape index (κ2) is 7.94. The molecule has 3 aromatic heterocycles. The van der Waals surface area contributed by atoms with Crippen LogP contribution in [0.4, 0.5) is 0 Å². The van der Waals surface area contributed by atoms with Gasteiger partial charge in [0.05, 0.1) is 27.3 Å². The van der Waals surface area contributed by atoms with Crippen molar-refractivity contribution in [3.05, 3.63) is 83.6 Å². The van der Waals surface area contributed by atoms with Gasteiger partial charge in [0.1, 0.15) is 7.05 Å². The average molecular weight is 512 g/mol. The van der Waals surface area contributed by atoms with Crippen LogP contribution in [0.3, 0.4) is 0 Å². The summed E-state index contributed by atoms with van der Waals surface area (Å²) in [5.41, 5.74) is 10.1. The van der Waals surface area contributed by atoms with Gasteiger partial charge >= 0.3 is 0 Å². The molecule has 0 unspecified atom stereocenters. The third-order valence-corrected chi connectivity index (χ3v) is 8.55. The Hall–Kier alpha value is -3.65. The maximum absolute atomic E-state index is 2.65. The van der Waals surface area contributed by atoms with Gasteiger partial charge in [0, 0.05) is 16.8 Å². The molecule has 0 bridgehead atoms. The van der Waals surface area contributed by atoms with Crippen molar-refractivity contribution in [3.8, 4) is 0 Å². The number of aryl methyl sites for hydroxylation is 2. The molecule has 7 aromatic rings. The zero-order valence-corrected chi connectivity index (χ0v) is 24.7. The maximum atomic E-state index is 2.65. The van der Waals surface area contributed by atoms with E-state index in [1.807, 2.05) is 0 Å². The molecule has 0 saturated carbocycles. The lowest BCUT2D eigenvalue weighted by Crippen LogP contribution is -2.29. The van der Waals surface area contributed by atoms with Crippen molar-refractivity contribution < 1.29 is 4.57 Å². The van der Waals surface area contributed by atoms with E-state index in [0.29, 0.717) is 0 Å². The zero-order valence-electron chi connectivity index (χ0n) is 24.7. The largest absolute Gasteiger partial charge is 0.307 e. The summed E-state index contributed by atoms with van der Waals surface area (Å²) in [6, 6.07) is 23.3. The minimum Gasteiger partial charge on any atom is -0.307 e. The van der Waals surface area contributed by atoms with Gasteiger partial charge in [-0.2, -0.15) is 0 Å². The number of hydrogen-bond donors (Lipinski definition) is 0. The Labute approximate surface area is 231 Å². The standard InChI is InChI=1S/C37H39N2/c1-22-25-11-9-10-12-26(25)29(21-37(5,6)7)34-31(22)35-32-24(17-18-38(35)8)14-16-28-27-15-13-23(20-36(2,3)4)19-30(27)39(34)33(28)32/h9-19H,20-21H2,1-8H3/q+1. The summed E-state index contributed by atoms with van der Waals surface area (Å²) in [4.78, 5) is 0. The van der Waals surface area contributed by atoms with E-state index in [2.05, 4.69) is 131 Å². The minimum absolute atomic E-state index is 0.149. The van der Waals surface area contributed by atoms with Crippen LogP contribution < -0.4 is 4.57 Å². The summed E-state index contributed by atoms with van der Waals surface area (Å²) in [6.07, 6.45) is 4.32. The molecule has 0 fully saturated rings. The van der Waals surface area contributed by atoms with Gasteiger partial charge in [-0.1, -0.05) is 90.1 Å². The monoisotopic (exact) mass is 511 g/mol. The molecule has 2 nitrogen and oxygen atoms in total. The highest BCUT2D eigenvalue weighted by Crippen LogP contribution is 2.45. The molecule has 2 heteroatoms. The second-order valence-electron chi connectivity index (χ2n) is 14.2. The van der Waals surface area contributed by atoms with Crippen LogP contribution in [0, 0.1) is 17.8 Å². The lowest BCUT2D eigenvalue weighted by molar-refractivity contribution is -0.643. The number of fused-ring (bicyclic) bond motifs is 7. The van der Waals surface area contributed by atoms with Gasteiger partial charge in [0.2, 0.25) is 5.52 Å². The molecule has 7 rings (SSSR count). The molecule has 0 aliphatic heterocycles. The van der Waals surface area contributed by atoms with Crippen LogP contribution in [0.25, 0.3) is 59.8 Å². The highest BCUT2D eigenvalue weighted by molar-refractivity contribution is 6.28. The number of rotatable bonds is 2. The molecule has 0 atom stereocenters. The first-order valence-electron chi connectivity index (χ1n) is 14.4. The molecule has 0 radical (unpaired) electrons. The van der Waals surface area contributed by atoms with E-state index in [1.165, 1.54) is 76.5 Å². The van der Waals surface area contributed by atoms with Gasteiger partial charge in [-0.05, 0) is 69.5 Å². The topological polar surface area (TPSA) is 8.29 Å². The van der Waals surface area contributed by atoms with Crippen molar-refractivity contribution in [2.45, 2.75) is 61.3 Å². The van der Waals surface area contributed by atoms with Crippen LogP contribution >= 0.6 is 0 Å². The van der Waals surface area contributed by atoms with Crippen molar-refractivity contribution in [3.63, 3.8) is 0 Å². The molecular formula is C37H39N2+. The smallest absolute Gasteiger partial charge is 0.224 e.